The van der Waals surface area contributed by atoms with Crippen LogP contribution in [0.3, 0.4) is 0 Å². The minimum Gasteiger partial charge on any atom is -0.494 e. The van der Waals surface area contributed by atoms with Crippen molar-refractivity contribution in [2.75, 3.05) is 17.7 Å². The van der Waals surface area contributed by atoms with Crippen LogP contribution in [0.5, 0.6) is 5.75 Å². The largest absolute Gasteiger partial charge is 0.494 e. The zero-order valence-corrected chi connectivity index (χ0v) is 15.7. The molecule has 1 aromatic carbocycles. The summed E-state index contributed by atoms with van der Waals surface area (Å²) in [7, 11) is 0. The third-order valence-corrected chi connectivity index (χ3v) is 4.87. The molecule has 7 heteroatoms. The molecule has 0 atom stereocenters. The Hall–Kier alpha value is -2.02. The lowest BCUT2D eigenvalue weighted by Gasteiger charge is -2.13. The minimum absolute atomic E-state index is 0.0552. The van der Waals surface area contributed by atoms with E-state index in [-0.39, 0.29) is 5.91 Å². The quantitative estimate of drug-likeness (QED) is 0.724. The van der Waals surface area contributed by atoms with Crippen LogP contribution in [-0.4, -0.2) is 33.0 Å². The van der Waals surface area contributed by atoms with Gasteiger partial charge in [-0.1, -0.05) is 11.8 Å². The number of thioether (sulfide) groups is 1. The van der Waals surface area contributed by atoms with E-state index in [1.165, 1.54) is 24.6 Å². The summed E-state index contributed by atoms with van der Waals surface area (Å²) in [6.07, 6.45) is 2.38. The lowest BCUT2D eigenvalue weighted by molar-refractivity contribution is -0.113. The summed E-state index contributed by atoms with van der Waals surface area (Å²) in [4.78, 5) is 12.2. The summed E-state index contributed by atoms with van der Waals surface area (Å²) in [6.45, 7) is 6.82. The maximum atomic E-state index is 12.2. The number of hydrogen-bond acceptors (Lipinski definition) is 5. The van der Waals surface area contributed by atoms with Gasteiger partial charge in [0, 0.05) is 17.6 Å². The zero-order valence-electron chi connectivity index (χ0n) is 14.9. The van der Waals surface area contributed by atoms with Crippen LogP contribution in [0.25, 0.3) is 0 Å². The fraction of sp³-hybridized carbons (Fsp3) is 0.500. The fourth-order valence-corrected chi connectivity index (χ4v) is 3.49. The molecule has 1 aliphatic carbocycles. The van der Waals surface area contributed by atoms with Crippen molar-refractivity contribution in [2.24, 2.45) is 0 Å². The first kappa shape index (κ1) is 17.8. The average Bonchev–Trinajstić information content (AvgIpc) is 3.34. The molecule has 1 saturated carbocycles. The zero-order chi connectivity index (χ0) is 17.8. The summed E-state index contributed by atoms with van der Waals surface area (Å²) in [5.74, 6) is 2.65. The lowest BCUT2D eigenvalue weighted by atomic mass is 10.3. The predicted octanol–water partition coefficient (Wildman–Crippen LogP) is 3.87. The number of nitrogens with one attached hydrogen (secondary N) is 1. The van der Waals surface area contributed by atoms with E-state index in [1.807, 2.05) is 31.2 Å². The van der Waals surface area contributed by atoms with Gasteiger partial charge in [-0.05, 0) is 57.9 Å². The molecule has 3 rings (SSSR count). The van der Waals surface area contributed by atoms with E-state index in [0.717, 1.165) is 22.4 Å². The molecule has 0 saturated heterocycles. The number of benzene rings is 1. The normalized spacial score (nSPS) is 13.9. The number of carbonyl (C=O) groups excluding carboxylic acids is 1. The van der Waals surface area contributed by atoms with Gasteiger partial charge in [-0.15, -0.1) is 10.2 Å². The second-order valence-electron chi connectivity index (χ2n) is 6.37. The molecule has 6 nitrogen and oxygen atoms in total. The molecule has 1 fully saturated rings. The first-order valence-electron chi connectivity index (χ1n) is 8.68. The highest BCUT2D eigenvalue weighted by atomic mass is 32.2. The van der Waals surface area contributed by atoms with Gasteiger partial charge in [-0.2, -0.15) is 0 Å². The summed E-state index contributed by atoms with van der Waals surface area (Å²) >= 11 is 1.43. The first-order valence-corrected chi connectivity index (χ1v) is 9.67. The number of nitrogens with zero attached hydrogens (tertiary/aromatic N) is 3. The molecule has 0 spiro atoms. The third-order valence-electron chi connectivity index (χ3n) is 3.93. The van der Waals surface area contributed by atoms with Crippen LogP contribution in [0.1, 0.15) is 51.4 Å². The van der Waals surface area contributed by atoms with Crippen molar-refractivity contribution >= 4 is 23.4 Å². The summed E-state index contributed by atoms with van der Waals surface area (Å²) in [5, 5.41) is 12.3. The molecule has 1 N–H and O–H groups in total. The molecule has 2 aromatic rings. The maximum absolute atomic E-state index is 12.2. The van der Waals surface area contributed by atoms with Gasteiger partial charge in [-0.25, -0.2) is 0 Å². The highest BCUT2D eigenvalue weighted by Gasteiger charge is 2.31. The topological polar surface area (TPSA) is 69.0 Å². The van der Waals surface area contributed by atoms with E-state index >= 15 is 0 Å². The van der Waals surface area contributed by atoms with E-state index in [0.29, 0.717) is 24.3 Å². The molecule has 1 aromatic heterocycles. The molecule has 0 radical (unpaired) electrons. The van der Waals surface area contributed by atoms with E-state index < -0.39 is 0 Å². The SMILES string of the molecule is CCOc1ccc(NC(=O)CSc2nnc(C3CC3)n2C(C)C)cc1. The Labute approximate surface area is 152 Å². The number of carbonyl (C=O) groups is 1. The number of aromatic nitrogens is 3. The molecule has 0 bridgehead atoms. The molecule has 1 heterocycles. The summed E-state index contributed by atoms with van der Waals surface area (Å²) in [6, 6.07) is 7.68. The van der Waals surface area contributed by atoms with Gasteiger partial charge in [0.05, 0.1) is 12.4 Å². The van der Waals surface area contributed by atoms with Crippen molar-refractivity contribution in [2.45, 2.75) is 50.7 Å². The first-order chi connectivity index (χ1) is 12.1. The molecule has 1 aliphatic rings. The van der Waals surface area contributed by atoms with Crippen LogP contribution in [0, 0.1) is 0 Å². The average molecular weight is 360 g/mol. The van der Waals surface area contributed by atoms with Crippen molar-refractivity contribution in [1.29, 1.82) is 0 Å². The van der Waals surface area contributed by atoms with Gasteiger partial charge in [-0.3, -0.25) is 4.79 Å². The smallest absolute Gasteiger partial charge is 0.234 e. The van der Waals surface area contributed by atoms with Crippen LogP contribution in [0.15, 0.2) is 29.4 Å². The highest BCUT2D eigenvalue weighted by Crippen LogP contribution is 2.41. The Morgan fingerprint density at radius 2 is 2.04 bits per heavy atom. The summed E-state index contributed by atoms with van der Waals surface area (Å²) in [5.41, 5.74) is 0.762. The van der Waals surface area contributed by atoms with Gasteiger partial charge >= 0.3 is 0 Å². The fourth-order valence-electron chi connectivity index (χ4n) is 2.62. The molecule has 0 unspecified atom stereocenters. The standard InChI is InChI=1S/C18H24N4O2S/c1-4-24-15-9-7-14(8-10-15)19-16(23)11-25-18-21-20-17(13-5-6-13)22(18)12(2)3/h7-10,12-13H,4-6,11H2,1-3H3,(H,19,23). The molecule has 134 valence electrons. The second kappa shape index (κ2) is 7.91. The van der Waals surface area contributed by atoms with Crippen LogP contribution in [0.2, 0.25) is 0 Å². The van der Waals surface area contributed by atoms with Crippen LogP contribution >= 0.6 is 11.8 Å². The Morgan fingerprint density at radius 3 is 2.64 bits per heavy atom. The number of ether oxygens (including phenoxy) is 1. The highest BCUT2D eigenvalue weighted by molar-refractivity contribution is 7.99. The Balaban J connectivity index is 1.57. The van der Waals surface area contributed by atoms with Crippen LogP contribution < -0.4 is 10.1 Å². The van der Waals surface area contributed by atoms with Gasteiger partial charge in [0.1, 0.15) is 11.6 Å². The molecular formula is C18H24N4O2S. The van der Waals surface area contributed by atoms with Gasteiger partial charge < -0.3 is 14.6 Å². The Bertz CT molecular complexity index is 723. The number of rotatable bonds is 8. The number of hydrogen-bond donors (Lipinski definition) is 1. The van der Waals surface area contributed by atoms with Crippen molar-refractivity contribution in [3.63, 3.8) is 0 Å². The molecule has 25 heavy (non-hydrogen) atoms. The molecular weight excluding hydrogens is 336 g/mol. The monoisotopic (exact) mass is 360 g/mol. The van der Waals surface area contributed by atoms with E-state index in [4.69, 9.17) is 4.74 Å². The van der Waals surface area contributed by atoms with Crippen molar-refractivity contribution in [3.05, 3.63) is 30.1 Å². The van der Waals surface area contributed by atoms with Crippen molar-refractivity contribution in [3.8, 4) is 5.75 Å². The van der Waals surface area contributed by atoms with E-state index in [1.54, 1.807) is 0 Å². The summed E-state index contributed by atoms with van der Waals surface area (Å²) < 4.78 is 7.56. The number of anilines is 1. The predicted molar refractivity (Wildman–Crippen MR) is 99.3 cm³/mol. The number of amides is 1. The van der Waals surface area contributed by atoms with E-state index in [2.05, 4.69) is 33.9 Å². The second-order valence-corrected chi connectivity index (χ2v) is 7.32. The Morgan fingerprint density at radius 1 is 1.32 bits per heavy atom. The Kier molecular flexibility index (Phi) is 5.63. The third kappa shape index (κ3) is 4.54. The maximum Gasteiger partial charge on any atom is 0.234 e. The van der Waals surface area contributed by atoms with Crippen LogP contribution in [0.4, 0.5) is 5.69 Å². The van der Waals surface area contributed by atoms with Gasteiger partial charge in [0.15, 0.2) is 5.16 Å². The van der Waals surface area contributed by atoms with Crippen molar-refractivity contribution in [1.82, 2.24) is 14.8 Å². The van der Waals surface area contributed by atoms with Crippen molar-refractivity contribution < 1.29 is 9.53 Å². The molecule has 0 aliphatic heterocycles. The van der Waals surface area contributed by atoms with E-state index in [9.17, 15) is 4.79 Å². The van der Waals surface area contributed by atoms with Gasteiger partial charge in [0.2, 0.25) is 5.91 Å². The van der Waals surface area contributed by atoms with Gasteiger partial charge in [0.25, 0.3) is 0 Å². The molecule has 1 amide bonds. The lowest BCUT2D eigenvalue weighted by Crippen LogP contribution is -2.15. The van der Waals surface area contributed by atoms with Crippen LogP contribution in [-0.2, 0) is 4.79 Å². The minimum atomic E-state index is -0.0552.